The van der Waals surface area contributed by atoms with Gasteiger partial charge in [-0.25, -0.2) is 4.39 Å². The summed E-state index contributed by atoms with van der Waals surface area (Å²) in [5, 5.41) is 13.2. The van der Waals surface area contributed by atoms with Gasteiger partial charge in [0.15, 0.2) is 0 Å². The van der Waals surface area contributed by atoms with E-state index in [1.165, 1.54) is 0 Å². The van der Waals surface area contributed by atoms with Crippen LogP contribution in [0.4, 0.5) is 15.8 Å². The topological polar surface area (TPSA) is 81.5 Å². The van der Waals surface area contributed by atoms with Crippen molar-refractivity contribution in [3.63, 3.8) is 0 Å². The minimum atomic E-state index is -0.763. The van der Waals surface area contributed by atoms with Gasteiger partial charge in [0.1, 0.15) is 11.6 Å². The number of non-ortho nitro benzene ring substituents is 1. The molecule has 0 radical (unpaired) electrons. The van der Waals surface area contributed by atoms with Crippen molar-refractivity contribution in [1.82, 2.24) is 0 Å². The third-order valence-corrected chi connectivity index (χ3v) is 4.03. The molecule has 142 valence electrons. The van der Waals surface area contributed by atoms with E-state index >= 15 is 0 Å². The number of hydrogen-bond donors (Lipinski definition) is 1. The van der Waals surface area contributed by atoms with Gasteiger partial charge in [0.25, 0.3) is 11.6 Å². The van der Waals surface area contributed by atoms with Crippen molar-refractivity contribution < 1.29 is 18.8 Å². The normalized spacial score (nSPS) is 10.3. The first-order valence-electron chi connectivity index (χ1n) is 8.55. The first-order valence-corrected chi connectivity index (χ1v) is 8.55. The van der Waals surface area contributed by atoms with E-state index in [4.69, 9.17) is 4.74 Å². The Labute approximate surface area is 160 Å². The van der Waals surface area contributed by atoms with Gasteiger partial charge >= 0.3 is 0 Å². The monoisotopic (exact) mass is 380 g/mol. The van der Waals surface area contributed by atoms with E-state index < -0.39 is 16.6 Å². The van der Waals surface area contributed by atoms with Crippen LogP contribution in [0.25, 0.3) is 0 Å². The van der Waals surface area contributed by atoms with Gasteiger partial charge in [0.2, 0.25) is 0 Å². The van der Waals surface area contributed by atoms with Gasteiger partial charge in [0, 0.05) is 18.6 Å². The molecule has 3 aromatic rings. The zero-order valence-corrected chi connectivity index (χ0v) is 14.8. The molecule has 3 rings (SSSR count). The third-order valence-electron chi connectivity index (χ3n) is 4.03. The number of nitro benzene ring substituents is 1. The highest BCUT2D eigenvalue weighted by Crippen LogP contribution is 2.24. The number of benzene rings is 3. The van der Waals surface area contributed by atoms with E-state index in [0.29, 0.717) is 18.8 Å². The summed E-state index contributed by atoms with van der Waals surface area (Å²) in [4.78, 5) is 22.8. The fourth-order valence-corrected chi connectivity index (χ4v) is 2.62. The van der Waals surface area contributed by atoms with Crippen LogP contribution >= 0.6 is 0 Å². The molecule has 6 nitrogen and oxygen atoms in total. The smallest absolute Gasteiger partial charge is 0.271 e. The van der Waals surface area contributed by atoms with Gasteiger partial charge in [-0.3, -0.25) is 14.9 Å². The van der Waals surface area contributed by atoms with Crippen LogP contribution in [0.2, 0.25) is 0 Å². The van der Waals surface area contributed by atoms with Crippen LogP contribution in [0, 0.1) is 15.9 Å². The van der Waals surface area contributed by atoms with Crippen molar-refractivity contribution in [3.8, 4) is 5.75 Å². The molecule has 0 atom stereocenters. The summed E-state index contributed by atoms with van der Waals surface area (Å²) in [5.74, 6) is -1.03. The highest BCUT2D eigenvalue weighted by atomic mass is 19.1. The minimum Gasteiger partial charge on any atom is -0.492 e. The van der Waals surface area contributed by atoms with Crippen molar-refractivity contribution in [1.29, 1.82) is 0 Å². The van der Waals surface area contributed by atoms with E-state index in [9.17, 15) is 19.3 Å². The predicted octanol–water partition coefficient (Wildman–Crippen LogP) is 4.61. The molecule has 0 saturated carbocycles. The lowest BCUT2D eigenvalue weighted by molar-refractivity contribution is -0.384. The number of halogens is 1. The summed E-state index contributed by atoms with van der Waals surface area (Å²) in [7, 11) is 0. The maximum atomic E-state index is 13.9. The number of amides is 1. The molecule has 28 heavy (non-hydrogen) atoms. The van der Waals surface area contributed by atoms with Crippen molar-refractivity contribution >= 4 is 17.3 Å². The Morgan fingerprint density at radius 2 is 1.75 bits per heavy atom. The second-order valence-electron chi connectivity index (χ2n) is 5.96. The number of para-hydroxylation sites is 1. The standard InChI is InChI=1S/C21H17FN2O4/c22-18-11-10-16(24(26)27)14-19(18)23-21(25)17-8-4-5-9-20(17)28-13-12-15-6-2-1-3-7-15/h1-11,14H,12-13H2,(H,23,25). The number of ether oxygens (including phenoxy) is 1. The van der Waals surface area contributed by atoms with Gasteiger partial charge in [-0.1, -0.05) is 42.5 Å². The largest absolute Gasteiger partial charge is 0.492 e. The van der Waals surface area contributed by atoms with Crippen LogP contribution in [-0.4, -0.2) is 17.4 Å². The molecule has 0 aliphatic rings. The Balaban J connectivity index is 1.72. The van der Waals surface area contributed by atoms with Crippen LogP contribution < -0.4 is 10.1 Å². The van der Waals surface area contributed by atoms with E-state index in [-0.39, 0.29) is 16.9 Å². The summed E-state index contributed by atoms with van der Waals surface area (Å²) in [6.45, 7) is 0.361. The molecule has 1 N–H and O–H groups in total. The molecular weight excluding hydrogens is 363 g/mol. The second-order valence-corrected chi connectivity index (χ2v) is 5.96. The average molecular weight is 380 g/mol. The van der Waals surface area contributed by atoms with E-state index in [1.54, 1.807) is 24.3 Å². The van der Waals surface area contributed by atoms with E-state index in [0.717, 1.165) is 23.8 Å². The first kappa shape index (κ1) is 19.0. The quantitative estimate of drug-likeness (QED) is 0.479. The van der Waals surface area contributed by atoms with Crippen molar-refractivity contribution in [2.24, 2.45) is 0 Å². The number of carbonyl (C=O) groups excluding carboxylic acids is 1. The van der Waals surface area contributed by atoms with Crippen molar-refractivity contribution in [2.75, 3.05) is 11.9 Å². The first-order chi connectivity index (χ1) is 13.5. The van der Waals surface area contributed by atoms with Crippen molar-refractivity contribution in [2.45, 2.75) is 6.42 Å². The predicted molar refractivity (Wildman–Crippen MR) is 103 cm³/mol. The second kappa shape index (κ2) is 8.77. The molecule has 0 aromatic heterocycles. The maximum Gasteiger partial charge on any atom is 0.271 e. The zero-order valence-electron chi connectivity index (χ0n) is 14.8. The summed E-state index contributed by atoms with van der Waals surface area (Å²) in [6.07, 6.45) is 0.663. The molecule has 7 heteroatoms. The fourth-order valence-electron chi connectivity index (χ4n) is 2.62. The Morgan fingerprint density at radius 1 is 1.04 bits per heavy atom. The molecule has 0 aliphatic carbocycles. The summed E-state index contributed by atoms with van der Waals surface area (Å²) < 4.78 is 19.7. The molecule has 0 fully saturated rings. The Hall–Kier alpha value is -3.74. The lowest BCUT2D eigenvalue weighted by atomic mass is 10.1. The van der Waals surface area contributed by atoms with Crippen LogP contribution in [0.1, 0.15) is 15.9 Å². The van der Waals surface area contributed by atoms with Gasteiger partial charge in [0.05, 0.1) is 22.8 Å². The van der Waals surface area contributed by atoms with Gasteiger partial charge in [-0.15, -0.1) is 0 Å². The van der Waals surface area contributed by atoms with Gasteiger partial charge < -0.3 is 10.1 Å². The van der Waals surface area contributed by atoms with E-state index in [2.05, 4.69) is 5.32 Å². The number of anilines is 1. The highest BCUT2D eigenvalue weighted by Gasteiger charge is 2.17. The molecular formula is C21H17FN2O4. The van der Waals surface area contributed by atoms with Crippen LogP contribution in [0.15, 0.2) is 72.8 Å². The number of hydrogen-bond acceptors (Lipinski definition) is 4. The average Bonchev–Trinajstić information content (AvgIpc) is 2.70. The van der Waals surface area contributed by atoms with Crippen LogP contribution in [-0.2, 0) is 6.42 Å². The Bertz CT molecular complexity index is 993. The van der Waals surface area contributed by atoms with Gasteiger partial charge in [-0.2, -0.15) is 0 Å². The number of rotatable bonds is 7. The summed E-state index contributed by atoms with van der Waals surface area (Å²) >= 11 is 0. The highest BCUT2D eigenvalue weighted by molar-refractivity contribution is 6.06. The molecule has 0 spiro atoms. The molecule has 0 unspecified atom stereocenters. The van der Waals surface area contributed by atoms with Crippen molar-refractivity contribution in [3.05, 3.63) is 99.9 Å². The van der Waals surface area contributed by atoms with E-state index in [1.807, 2.05) is 30.3 Å². The lowest BCUT2D eigenvalue weighted by Gasteiger charge is -2.12. The summed E-state index contributed by atoms with van der Waals surface area (Å²) in [6, 6.07) is 19.3. The molecule has 0 bridgehead atoms. The third kappa shape index (κ3) is 4.70. The summed E-state index contributed by atoms with van der Waals surface area (Å²) in [5.41, 5.74) is 0.729. The number of carbonyl (C=O) groups is 1. The molecule has 0 heterocycles. The zero-order chi connectivity index (χ0) is 19.9. The molecule has 0 aliphatic heterocycles. The van der Waals surface area contributed by atoms with Crippen LogP contribution in [0.5, 0.6) is 5.75 Å². The molecule has 3 aromatic carbocycles. The SMILES string of the molecule is O=C(Nc1cc([N+](=O)[O-])ccc1F)c1ccccc1OCCc1ccccc1. The fraction of sp³-hybridized carbons (Fsp3) is 0.0952. The van der Waals surface area contributed by atoms with Crippen LogP contribution in [0.3, 0.4) is 0 Å². The minimum absolute atomic E-state index is 0.210. The molecule has 1 amide bonds. The lowest BCUT2D eigenvalue weighted by Crippen LogP contribution is -2.15. The Morgan fingerprint density at radius 3 is 2.50 bits per heavy atom. The number of nitrogens with one attached hydrogen (secondary N) is 1. The Kier molecular flexibility index (Phi) is 5.96. The number of nitrogens with zero attached hydrogens (tertiary/aromatic N) is 1. The number of nitro groups is 1. The van der Waals surface area contributed by atoms with Gasteiger partial charge in [-0.05, 0) is 23.8 Å². The molecule has 0 saturated heterocycles. The maximum absolute atomic E-state index is 13.9.